The molecule has 2 fully saturated rings. The Morgan fingerprint density at radius 2 is 2.05 bits per heavy atom. The fourth-order valence-corrected chi connectivity index (χ4v) is 4.84. The van der Waals surface area contributed by atoms with Crippen LogP contribution >= 0.6 is 11.3 Å². The average Bonchev–Trinajstić information content (AvgIpc) is 2.90. The Morgan fingerprint density at radius 1 is 1.25 bits per heavy atom. The molecule has 1 aliphatic heterocycles. The van der Waals surface area contributed by atoms with Gasteiger partial charge >= 0.3 is 0 Å². The van der Waals surface area contributed by atoms with Crippen molar-refractivity contribution in [2.75, 3.05) is 18.0 Å². The third-order valence-electron chi connectivity index (χ3n) is 4.96. The Kier molecular flexibility index (Phi) is 4.61. The van der Waals surface area contributed by atoms with Gasteiger partial charge in [-0.2, -0.15) is 0 Å². The van der Waals surface area contributed by atoms with Crippen molar-refractivity contribution in [2.24, 2.45) is 11.8 Å². The van der Waals surface area contributed by atoms with Crippen molar-refractivity contribution in [2.45, 2.75) is 58.5 Å². The van der Waals surface area contributed by atoms with Crippen molar-refractivity contribution in [1.29, 1.82) is 0 Å². The number of aryl methyl sites for hydroxylation is 1. The highest BCUT2D eigenvalue weighted by molar-refractivity contribution is 7.15. The highest BCUT2D eigenvalue weighted by Gasteiger charge is 2.32. The van der Waals surface area contributed by atoms with Crippen LogP contribution < -0.4 is 4.90 Å². The van der Waals surface area contributed by atoms with Gasteiger partial charge in [0.2, 0.25) is 0 Å². The molecule has 3 rings (SSSR count). The SMILES string of the molecule is CCCc1nc(N2CCC3CCCCC3C2)sc1CO. The first-order chi connectivity index (χ1) is 9.81. The Labute approximate surface area is 126 Å². The molecular weight excluding hydrogens is 268 g/mol. The fraction of sp³-hybridized carbons (Fsp3) is 0.812. The first-order valence-electron chi connectivity index (χ1n) is 8.16. The Balaban J connectivity index is 1.72. The molecule has 2 unspecified atom stereocenters. The summed E-state index contributed by atoms with van der Waals surface area (Å²) in [6.07, 6.45) is 9.12. The minimum Gasteiger partial charge on any atom is -0.391 e. The number of hydrogen-bond acceptors (Lipinski definition) is 4. The van der Waals surface area contributed by atoms with Crippen molar-refractivity contribution in [3.05, 3.63) is 10.6 Å². The zero-order chi connectivity index (χ0) is 13.9. The van der Waals surface area contributed by atoms with Crippen LogP contribution in [0.25, 0.3) is 0 Å². The lowest BCUT2D eigenvalue weighted by Crippen LogP contribution is -2.41. The molecule has 2 heterocycles. The smallest absolute Gasteiger partial charge is 0.185 e. The van der Waals surface area contributed by atoms with Gasteiger partial charge in [0.25, 0.3) is 0 Å². The number of piperidine rings is 1. The molecule has 1 N–H and O–H groups in total. The van der Waals surface area contributed by atoms with Crippen molar-refractivity contribution in [3.8, 4) is 0 Å². The quantitative estimate of drug-likeness (QED) is 0.921. The third-order valence-corrected chi connectivity index (χ3v) is 6.10. The summed E-state index contributed by atoms with van der Waals surface area (Å²) in [5.74, 6) is 1.85. The average molecular weight is 294 g/mol. The number of fused-ring (bicyclic) bond motifs is 1. The molecule has 1 aromatic heterocycles. The van der Waals surface area contributed by atoms with Crippen LogP contribution in [0.2, 0.25) is 0 Å². The molecule has 0 bridgehead atoms. The number of anilines is 1. The van der Waals surface area contributed by atoms with Crippen LogP contribution in [0.1, 0.15) is 56.0 Å². The van der Waals surface area contributed by atoms with Gasteiger partial charge in [-0.05, 0) is 31.1 Å². The molecule has 2 aliphatic rings. The summed E-state index contributed by atoms with van der Waals surface area (Å²) in [5.41, 5.74) is 1.13. The number of nitrogens with zero attached hydrogens (tertiary/aromatic N) is 2. The summed E-state index contributed by atoms with van der Waals surface area (Å²) in [6.45, 7) is 4.67. The van der Waals surface area contributed by atoms with E-state index >= 15 is 0 Å². The lowest BCUT2D eigenvalue weighted by molar-refractivity contribution is 0.202. The highest BCUT2D eigenvalue weighted by atomic mass is 32.1. The van der Waals surface area contributed by atoms with Gasteiger partial charge in [0.15, 0.2) is 5.13 Å². The summed E-state index contributed by atoms with van der Waals surface area (Å²) in [6, 6.07) is 0. The molecule has 20 heavy (non-hydrogen) atoms. The summed E-state index contributed by atoms with van der Waals surface area (Å²) >= 11 is 1.71. The maximum Gasteiger partial charge on any atom is 0.185 e. The van der Waals surface area contributed by atoms with Crippen molar-refractivity contribution < 1.29 is 5.11 Å². The van der Waals surface area contributed by atoms with Crippen molar-refractivity contribution in [3.63, 3.8) is 0 Å². The number of rotatable bonds is 4. The first-order valence-corrected chi connectivity index (χ1v) is 8.97. The zero-order valence-electron chi connectivity index (χ0n) is 12.5. The minimum atomic E-state index is 0.146. The lowest BCUT2D eigenvalue weighted by atomic mass is 9.75. The van der Waals surface area contributed by atoms with Crippen LogP contribution in [0.15, 0.2) is 0 Å². The second-order valence-corrected chi connectivity index (χ2v) is 7.38. The Morgan fingerprint density at radius 3 is 2.80 bits per heavy atom. The van der Waals surface area contributed by atoms with Crippen LogP contribution in [0.5, 0.6) is 0 Å². The number of thiazole rings is 1. The van der Waals surface area contributed by atoms with E-state index in [1.165, 1.54) is 38.6 Å². The van der Waals surface area contributed by atoms with E-state index in [4.69, 9.17) is 4.98 Å². The van der Waals surface area contributed by atoms with E-state index in [1.54, 1.807) is 11.3 Å². The van der Waals surface area contributed by atoms with Crippen LogP contribution in [0, 0.1) is 11.8 Å². The second kappa shape index (κ2) is 6.44. The van der Waals surface area contributed by atoms with E-state index in [-0.39, 0.29) is 6.61 Å². The molecular formula is C16H26N2OS. The topological polar surface area (TPSA) is 36.4 Å². The van der Waals surface area contributed by atoms with E-state index in [9.17, 15) is 5.11 Å². The molecule has 0 radical (unpaired) electrons. The van der Waals surface area contributed by atoms with Crippen LogP contribution in [0.4, 0.5) is 5.13 Å². The standard InChI is InChI=1S/C16H26N2OS/c1-2-5-14-15(11-19)20-16(17-14)18-9-8-12-6-3-4-7-13(12)10-18/h12-13,19H,2-11H2,1H3. The van der Waals surface area contributed by atoms with E-state index in [0.29, 0.717) is 0 Å². The molecule has 1 saturated carbocycles. The van der Waals surface area contributed by atoms with Gasteiger partial charge in [0, 0.05) is 13.1 Å². The van der Waals surface area contributed by atoms with Gasteiger partial charge in [-0.15, -0.1) is 0 Å². The minimum absolute atomic E-state index is 0.146. The predicted molar refractivity (Wildman–Crippen MR) is 84.3 cm³/mol. The molecule has 0 spiro atoms. The maximum atomic E-state index is 9.50. The zero-order valence-corrected chi connectivity index (χ0v) is 13.3. The Hall–Kier alpha value is -0.610. The van der Waals surface area contributed by atoms with Crippen molar-refractivity contribution in [1.82, 2.24) is 4.98 Å². The normalized spacial score (nSPS) is 26.6. The molecule has 112 valence electrons. The predicted octanol–water partition coefficient (Wildman–Crippen LogP) is 3.60. The van der Waals surface area contributed by atoms with Gasteiger partial charge in [-0.25, -0.2) is 4.98 Å². The number of hydrogen-bond donors (Lipinski definition) is 1. The largest absolute Gasteiger partial charge is 0.391 e. The molecule has 0 aromatic carbocycles. The summed E-state index contributed by atoms with van der Waals surface area (Å²) < 4.78 is 0. The van der Waals surface area contributed by atoms with Gasteiger partial charge in [0.1, 0.15) is 0 Å². The van der Waals surface area contributed by atoms with E-state index < -0.39 is 0 Å². The van der Waals surface area contributed by atoms with Gasteiger partial charge < -0.3 is 10.0 Å². The first kappa shape index (κ1) is 14.3. The summed E-state index contributed by atoms with van der Waals surface area (Å²) in [7, 11) is 0. The van der Waals surface area contributed by atoms with E-state index in [0.717, 1.165) is 46.9 Å². The van der Waals surface area contributed by atoms with E-state index in [2.05, 4.69) is 11.8 Å². The number of aromatic nitrogens is 1. The monoisotopic (exact) mass is 294 g/mol. The molecule has 2 atom stereocenters. The van der Waals surface area contributed by atoms with Crippen LogP contribution in [0.3, 0.4) is 0 Å². The van der Waals surface area contributed by atoms with Crippen LogP contribution in [-0.4, -0.2) is 23.2 Å². The number of aliphatic hydroxyl groups excluding tert-OH is 1. The Bertz CT molecular complexity index is 446. The molecule has 1 aliphatic carbocycles. The second-order valence-electron chi connectivity index (χ2n) is 6.31. The molecule has 4 heteroatoms. The summed E-state index contributed by atoms with van der Waals surface area (Å²) in [5, 5.41) is 10.7. The summed E-state index contributed by atoms with van der Waals surface area (Å²) in [4.78, 5) is 8.37. The van der Waals surface area contributed by atoms with E-state index in [1.807, 2.05) is 0 Å². The molecule has 0 amide bonds. The molecule has 1 saturated heterocycles. The van der Waals surface area contributed by atoms with Gasteiger partial charge in [-0.3, -0.25) is 0 Å². The maximum absolute atomic E-state index is 9.50. The highest BCUT2D eigenvalue weighted by Crippen LogP contribution is 2.38. The molecule has 3 nitrogen and oxygen atoms in total. The van der Waals surface area contributed by atoms with Crippen LogP contribution in [-0.2, 0) is 13.0 Å². The van der Waals surface area contributed by atoms with Gasteiger partial charge in [0.05, 0.1) is 17.2 Å². The lowest BCUT2D eigenvalue weighted by Gasteiger charge is -2.41. The van der Waals surface area contributed by atoms with Crippen molar-refractivity contribution >= 4 is 16.5 Å². The molecule has 1 aromatic rings. The van der Waals surface area contributed by atoms with Gasteiger partial charge in [-0.1, -0.05) is 43.9 Å². The fourth-order valence-electron chi connectivity index (χ4n) is 3.84. The number of aliphatic hydroxyl groups is 1. The third kappa shape index (κ3) is 2.86.